The number of aryl methyl sites for hydroxylation is 1. The molecule has 1 saturated carbocycles. The third-order valence-electron chi connectivity index (χ3n) is 3.69. The van der Waals surface area contributed by atoms with Gasteiger partial charge in [0, 0.05) is 24.7 Å². The third kappa shape index (κ3) is 3.03. The Morgan fingerprint density at radius 1 is 1.71 bits per heavy atom. The summed E-state index contributed by atoms with van der Waals surface area (Å²) in [6.07, 6.45) is 8.03. The molecule has 1 aromatic rings. The van der Waals surface area contributed by atoms with Crippen LogP contribution >= 0.6 is 11.8 Å². The van der Waals surface area contributed by atoms with Crippen molar-refractivity contribution in [3.05, 3.63) is 12.4 Å². The Labute approximate surface area is 107 Å². The van der Waals surface area contributed by atoms with Crippen LogP contribution in [0.2, 0.25) is 0 Å². The van der Waals surface area contributed by atoms with Gasteiger partial charge in [0.05, 0.1) is 11.8 Å². The summed E-state index contributed by atoms with van der Waals surface area (Å²) in [5.41, 5.74) is 5.07. The zero-order chi connectivity index (χ0) is 12.3. The van der Waals surface area contributed by atoms with Gasteiger partial charge in [-0.25, -0.2) is 0 Å². The molecule has 0 saturated heterocycles. The summed E-state index contributed by atoms with van der Waals surface area (Å²) in [7, 11) is 1.92. The molecule has 3 N–H and O–H groups in total. The summed E-state index contributed by atoms with van der Waals surface area (Å²) in [4.78, 5) is 1.20. The number of rotatable bonds is 5. The topological polar surface area (TPSA) is 64.1 Å². The highest BCUT2D eigenvalue weighted by Gasteiger charge is 2.39. The lowest BCUT2D eigenvalue weighted by atomic mass is 9.89. The second-order valence-corrected chi connectivity index (χ2v) is 6.05. The van der Waals surface area contributed by atoms with E-state index in [1.807, 2.05) is 24.1 Å². The number of nitrogens with zero attached hydrogens (tertiary/aromatic N) is 2. The molecule has 0 amide bonds. The van der Waals surface area contributed by atoms with E-state index >= 15 is 0 Å². The van der Waals surface area contributed by atoms with Gasteiger partial charge in [0.25, 0.3) is 0 Å². The van der Waals surface area contributed by atoms with Gasteiger partial charge in [-0.2, -0.15) is 5.10 Å². The average molecular weight is 255 g/mol. The quantitative estimate of drug-likeness (QED) is 0.781. The van der Waals surface area contributed by atoms with Crippen molar-refractivity contribution in [2.24, 2.45) is 18.7 Å². The van der Waals surface area contributed by atoms with Crippen molar-refractivity contribution >= 4 is 11.8 Å². The van der Waals surface area contributed by atoms with Gasteiger partial charge in [-0.3, -0.25) is 4.68 Å². The molecule has 2 atom stereocenters. The minimum atomic E-state index is -0.602. The largest absolute Gasteiger partial charge is 0.388 e. The van der Waals surface area contributed by atoms with Crippen molar-refractivity contribution in [3.8, 4) is 0 Å². The summed E-state index contributed by atoms with van der Waals surface area (Å²) >= 11 is 1.80. The van der Waals surface area contributed by atoms with Crippen molar-refractivity contribution in [1.29, 1.82) is 0 Å². The van der Waals surface area contributed by atoms with Crippen LogP contribution in [0.1, 0.15) is 25.7 Å². The summed E-state index contributed by atoms with van der Waals surface area (Å²) in [6.45, 7) is 0.398. The molecule has 4 nitrogen and oxygen atoms in total. The number of thioether (sulfide) groups is 1. The van der Waals surface area contributed by atoms with Crippen LogP contribution in [0.4, 0.5) is 0 Å². The van der Waals surface area contributed by atoms with E-state index < -0.39 is 5.60 Å². The summed E-state index contributed by atoms with van der Waals surface area (Å²) in [5.74, 6) is 1.40. The molecule has 96 valence electrons. The molecule has 0 aliphatic heterocycles. The van der Waals surface area contributed by atoms with E-state index in [1.165, 1.54) is 4.90 Å². The highest BCUT2D eigenvalue weighted by molar-refractivity contribution is 7.99. The highest BCUT2D eigenvalue weighted by Crippen LogP contribution is 2.38. The van der Waals surface area contributed by atoms with Crippen molar-refractivity contribution < 1.29 is 5.11 Å². The first kappa shape index (κ1) is 12.9. The van der Waals surface area contributed by atoms with Crippen LogP contribution in [0.25, 0.3) is 0 Å². The van der Waals surface area contributed by atoms with Crippen molar-refractivity contribution in [2.45, 2.75) is 36.2 Å². The molecule has 2 rings (SSSR count). The summed E-state index contributed by atoms with van der Waals surface area (Å²) in [6, 6.07) is 0. The second-order valence-electron chi connectivity index (χ2n) is 4.88. The van der Waals surface area contributed by atoms with E-state index in [2.05, 4.69) is 5.10 Å². The van der Waals surface area contributed by atoms with Gasteiger partial charge < -0.3 is 10.8 Å². The zero-order valence-electron chi connectivity index (χ0n) is 10.3. The summed E-state index contributed by atoms with van der Waals surface area (Å²) < 4.78 is 1.81. The van der Waals surface area contributed by atoms with Crippen LogP contribution in [0, 0.1) is 5.92 Å². The maximum absolute atomic E-state index is 10.3. The van der Waals surface area contributed by atoms with E-state index in [9.17, 15) is 5.11 Å². The van der Waals surface area contributed by atoms with E-state index in [1.54, 1.807) is 11.8 Å². The zero-order valence-corrected chi connectivity index (χ0v) is 11.1. The molecule has 1 aromatic heterocycles. The number of hydrogen-bond donors (Lipinski definition) is 2. The van der Waals surface area contributed by atoms with Crippen LogP contribution in [0.3, 0.4) is 0 Å². The molecule has 1 aliphatic carbocycles. The second kappa shape index (κ2) is 5.42. The molecule has 0 bridgehead atoms. The van der Waals surface area contributed by atoms with Crippen LogP contribution in [0.5, 0.6) is 0 Å². The van der Waals surface area contributed by atoms with Crippen LogP contribution in [-0.4, -0.2) is 32.8 Å². The van der Waals surface area contributed by atoms with E-state index in [0.29, 0.717) is 12.5 Å². The minimum absolute atomic E-state index is 0.372. The molecule has 0 spiro atoms. The maximum atomic E-state index is 10.3. The summed E-state index contributed by atoms with van der Waals surface area (Å²) in [5, 5.41) is 14.4. The molecule has 1 aliphatic rings. The van der Waals surface area contributed by atoms with Crippen molar-refractivity contribution in [3.63, 3.8) is 0 Å². The lowest BCUT2D eigenvalue weighted by molar-refractivity contribution is 0.0104. The normalized spacial score (nSPS) is 28.8. The van der Waals surface area contributed by atoms with Gasteiger partial charge in [-0.1, -0.05) is 6.42 Å². The molecule has 0 aromatic carbocycles. The van der Waals surface area contributed by atoms with Gasteiger partial charge in [0.15, 0.2) is 0 Å². The van der Waals surface area contributed by atoms with E-state index in [0.717, 1.165) is 31.4 Å². The fourth-order valence-electron chi connectivity index (χ4n) is 2.60. The Morgan fingerprint density at radius 2 is 2.53 bits per heavy atom. The van der Waals surface area contributed by atoms with Crippen LogP contribution in [0.15, 0.2) is 17.3 Å². The Balaban J connectivity index is 1.78. The van der Waals surface area contributed by atoms with E-state index in [-0.39, 0.29) is 0 Å². The van der Waals surface area contributed by atoms with Gasteiger partial charge in [-0.15, -0.1) is 11.8 Å². The van der Waals surface area contributed by atoms with Gasteiger partial charge in [0.1, 0.15) is 0 Å². The third-order valence-corrected chi connectivity index (χ3v) is 4.68. The van der Waals surface area contributed by atoms with E-state index in [4.69, 9.17) is 5.73 Å². The molecular formula is C12H21N3OS. The first-order chi connectivity index (χ1) is 8.14. The Morgan fingerprint density at radius 3 is 3.18 bits per heavy atom. The first-order valence-electron chi connectivity index (χ1n) is 6.18. The standard InChI is InChI=1S/C12H21N3OS/c1-15-8-11(7-14-15)17-6-4-10-3-2-5-12(10,16)9-13/h7-8,10,16H,2-6,9,13H2,1H3. The Hall–Kier alpha value is -0.520. The highest BCUT2D eigenvalue weighted by atomic mass is 32.2. The number of hydrogen-bond acceptors (Lipinski definition) is 4. The smallest absolute Gasteiger partial charge is 0.0797 e. The fourth-order valence-corrected chi connectivity index (χ4v) is 3.59. The molecule has 0 radical (unpaired) electrons. The molecular weight excluding hydrogens is 234 g/mol. The first-order valence-corrected chi connectivity index (χ1v) is 7.16. The Bertz CT molecular complexity index is 368. The van der Waals surface area contributed by atoms with Crippen molar-refractivity contribution in [2.75, 3.05) is 12.3 Å². The number of aliphatic hydroxyl groups is 1. The molecule has 5 heteroatoms. The maximum Gasteiger partial charge on any atom is 0.0797 e. The number of nitrogens with two attached hydrogens (primary N) is 1. The molecule has 1 heterocycles. The molecule has 17 heavy (non-hydrogen) atoms. The minimum Gasteiger partial charge on any atom is -0.388 e. The molecule has 1 fully saturated rings. The van der Waals surface area contributed by atoms with Gasteiger partial charge in [0.2, 0.25) is 0 Å². The SMILES string of the molecule is Cn1cc(SCCC2CCCC2(O)CN)cn1. The predicted molar refractivity (Wildman–Crippen MR) is 69.9 cm³/mol. The van der Waals surface area contributed by atoms with Crippen LogP contribution in [-0.2, 0) is 7.05 Å². The Kier molecular flexibility index (Phi) is 4.12. The van der Waals surface area contributed by atoms with Gasteiger partial charge >= 0.3 is 0 Å². The average Bonchev–Trinajstić information content (AvgIpc) is 2.87. The number of aromatic nitrogens is 2. The fraction of sp³-hybridized carbons (Fsp3) is 0.750. The monoisotopic (exact) mass is 255 g/mol. The lowest BCUT2D eigenvalue weighted by Crippen LogP contribution is -2.41. The lowest BCUT2D eigenvalue weighted by Gasteiger charge is -2.28. The molecule has 2 unspecified atom stereocenters. The van der Waals surface area contributed by atoms with Gasteiger partial charge in [-0.05, 0) is 30.9 Å². The predicted octanol–water partition coefficient (Wildman–Crippen LogP) is 1.39. The van der Waals surface area contributed by atoms with Crippen molar-refractivity contribution in [1.82, 2.24) is 9.78 Å². The van der Waals surface area contributed by atoms with Crippen LogP contribution < -0.4 is 5.73 Å².